The molecule has 0 aromatic heterocycles. The van der Waals surface area contributed by atoms with Crippen LogP contribution < -0.4 is 10.1 Å². The zero-order chi connectivity index (χ0) is 19.1. The lowest BCUT2D eigenvalue weighted by Crippen LogP contribution is -2.22. The van der Waals surface area contributed by atoms with Gasteiger partial charge in [0, 0.05) is 0 Å². The van der Waals surface area contributed by atoms with Crippen molar-refractivity contribution in [3.63, 3.8) is 0 Å². The molecule has 0 spiro atoms. The van der Waals surface area contributed by atoms with Gasteiger partial charge in [0.2, 0.25) is 0 Å². The molecule has 0 aliphatic heterocycles. The van der Waals surface area contributed by atoms with Crippen molar-refractivity contribution in [2.24, 2.45) is 0 Å². The number of esters is 1. The molecule has 2 aromatic rings. The molecular formula is C21H25NO4. The number of amides is 1. The molecule has 0 heterocycles. The van der Waals surface area contributed by atoms with Crippen LogP contribution in [-0.2, 0) is 9.53 Å². The lowest BCUT2D eigenvalue weighted by Gasteiger charge is -2.15. The first kappa shape index (κ1) is 19.5. The summed E-state index contributed by atoms with van der Waals surface area (Å²) in [4.78, 5) is 24.3. The quantitative estimate of drug-likeness (QED) is 0.752. The number of nitrogens with one attached hydrogen (secondary N) is 1. The Kier molecular flexibility index (Phi) is 6.78. The second-order valence-electron chi connectivity index (χ2n) is 6.30. The lowest BCUT2D eigenvalue weighted by molar-refractivity contribution is -0.118. The predicted molar refractivity (Wildman–Crippen MR) is 102 cm³/mol. The predicted octanol–water partition coefficient (Wildman–Crippen LogP) is 4.31. The van der Waals surface area contributed by atoms with E-state index in [1.165, 1.54) is 0 Å². The third-order valence-corrected chi connectivity index (χ3v) is 3.85. The van der Waals surface area contributed by atoms with Gasteiger partial charge in [0.05, 0.1) is 17.9 Å². The maximum atomic E-state index is 12.3. The summed E-state index contributed by atoms with van der Waals surface area (Å²) in [6.45, 7) is 8.00. The first-order valence-electron chi connectivity index (χ1n) is 8.71. The van der Waals surface area contributed by atoms with Crippen molar-refractivity contribution < 1.29 is 19.1 Å². The van der Waals surface area contributed by atoms with Crippen molar-refractivity contribution in [2.45, 2.75) is 33.6 Å². The minimum Gasteiger partial charge on any atom is -0.483 e. The van der Waals surface area contributed by atoms with Gasteiger partial charge < -0.3 is 14.8 Å². The zero-order valence-electron chi connectivity index (χ0n) is 15.7. The van der Waals surface area contributed by atoms with Gasteiger partial charge in [-0.05, 0) is 49.1 Å². The molecule has 1 N–H and O–H groups in total. The number of hydrogen-bond donors (Lipinski definition) is 1. The van der Waals surface area contributed by atoms with Crippen molar-refractivity contribution in [1.29, 1.82) is 0 Å². The van der Waals surface area contributed by atoms with Crippen molar-refractivity contribution >= 4 is 17.6 Å². The number of hydrogen-bond acceptors (Lipinski definition) is 4. The van der Waals surface area contributed by atoms with Gasteiger partial charge in [0.25, 0.3) is 5.91 Å². The van der Waals surface area contributed by atoms with E-state index >= 15 is 0 Å². The monoisotopic (exact) mass is 355 g/mol. The highest BCUT2D eigenvalue weighted by Crippen LogP contribution is 2.27. The minimum atomic E-state index is -0.468. The van der Waals surface area contributed by atoms with Gasteiger partial charge in [-0.15, -0.1) is 0 Å². The number of aryl methyl sites for hydroxylation is 1. The molecule has 5 nitrogen and oxygen atoms in total. The second kappa shape index (κ2) is 9.04. The van der Waals surface area contributed by atoms with E-state index in [9.17, 15) is 9.59 Å². The fraction of sp³-hybridized carbons (Fsp3) is 0.333. The highest BCUT2D eigenvalue weighted by Gasteiger charge is 2.15. The Morgan fingerprint density at radius 1 is 1.12 bits per heavy atom. The van der Waals surface area contributed by atoms with Gasteiger partial charge in [-0.1, -0.05) is 38.1 Å². The van der Waals surface area contributed by atoms with E-state index in [1.807, 2.05) is 25.1 Å². The van der Waals surface area contributed by atoms with E-state index in [4.69, 9.17) is 9.47 Å². The van der Waals surface area contributed by atoms with Crippen molar-refractivity contribution in [1.82, 2.24) is 0 Å². The van der Waals surface area contributed by atoms with Crippen LogP contribution in [0.15, 0.2) is 42.5 Å². The number of carbonyl (C=O) groups excluding carboxylic acids is 2. The molecule has 138 valence electrons. The summed E-state index contributed by atoms with van der Waals surface area (Å²) >= 11 is 0. The molecule has 0 saturated carbocycles. The molecule has 0 saturated heterocycles. The molecule has 0 aliphatic carbocycles. The largest absolute Gasteiger partial charge is 0.483 e. The Hall–Kier alpha value is -2.82. The van der Waals surface area contributed by atoms with Gasteiger partial charge in [-0.3, -0.25) is 4.79 Å². The zero-order valence-corrected chi connectivity index (χ0v) is 15.7. The van der Waals surface area contributed by atoms with E-state index in [1.54, 1.807) is 31.2 Å². The minimum absolute atomic E-state index is 0.139. The molecule has 1 amide bonds. The number of ether oxygens (including phenoxy) is 2. The summed E-state index contributed by atoms with van der Waals surface area (Å²) in [5.74, 6) is 0.190. The summed E-state index contributed by atoms with van der Waals surface area (Å²) in [6, 6.07) is 12.7. The molecular weight excluding hydrogens is 330 g/mol. The normalized spacial score (nSPS) is 10.5. The van der Waals surface area contributed by atoms with Crippen LogP contribution in [0.25, 0.3) is 0 Å². The topological polar surface area (TPSA) is 64.6 Å². The molecule has 0 radical (unpaired) electrons. The van der Waals surface area contributed by atoms with Crippen LogP contribution in [0.1, 0.15) is 48.2 Å². The van der Waals surface area contributed by atoms with Crippen LogP contribution in [0, 0.1) is 6.92 Å². The second-order valence-corrected chi connectivity index (χ2v) is 6.30. The Bertz CT molecular complexity index is 783. The third-order valence-electron chi connectivity index (χ3n) is 3.85. The van der Waals surface area contributed by atoms with E-state index < -0.39 is 5.97 Å². The maximum absolute atomic E-state index is 12.3. The third kappa shape index (κ3) is 5.09. The fourth-order valence-corrected chi connectivity index (χ4v) is 2.55. The van der Waals surface area contributed by atoms with Gasteiger partial charge in [-0.2, -0.15) is 0 Å². The molecule has 2 aromatic carbocycles. The molecule has 0 atom stereocenters. The Morgan fingerprint density at radius 2 is 1.85 bits per heavy atom. The van der Waals surface area contributed by atoms with Crippen LogP contribution in [0.2, 0.25) is 0 Å². The van der Waals surface area contributed by atoms with Crippen molar-refractivity contribution in [3.8, 4) is 5.75 Å². The highest BCUT2D eigenvalue weighted by atomic mass is 16.5. The molecule has 2 rings (SSSR count). The van der Waals surface area contributed by atoms with Crippen LogP contribution in [-0.4, -0.2) is 25.1 Å². The first-order valence-corrected chi connectivity index (χ1v) is 8.71. The summed E-state index contributed by atoms with van der Waals surface area (Å²) in [5.41, 5.74) is 2.85. The summed E-state index contributed by atoms with van der Waals surface area (Å²) in [5, 5.41) is 2.72. The average molecular weight is 355 g/mol. The number of para-hydroxylation sites is 1. The van der Waals surface area contributed by atoms with Gasteiger partial charge in [0.15, 0.2) is 6.61 Å². The van der Waals surface area contributed by atoms with Crippen molar-refractivity contribution in [2.75, 3.05) is 18.5 Å². The van der Waals surface area contributed by atoms with Crippen LogP contribution >= 0.6 is 0 Å². The van der Waals surface area contributed by atoms with Gasteiger partial charge in [-0.25, -0.2) is 4.79 Å². The number of rotatable bonds is 7. The van der Waals surface area contributed by atoms with Crippen LogP contribution in [0.3, 0.4) is 0 Å². The lowest BCUT2D eigenvalue weighted by atomic mass is 10.0. The Morgan fingerprint density at radius 3 is 2.54 bits per heavy atom. The molecule has 0 fully saturated rings. The smallest absolute Gasteiger partial charge is 0.340 e. The number of carbonyl (C=O) groups is 2. The Balaban J connectivity index is 2.07. The number of benzene rings is 2. The van der Waals surface area contributed by atoms with Crippen LogP contribution in [0.5, 0.6) is 5.75 Å². The summed E-state index contributed by atoms with van der Waals surface area (Å²) in [6.07, 6.45) is 0. The van der Waals surface area contributed by atoms with Gasteiger partial charge >= 0.3 is 5.97 Å². The SMILES string of the molecule is CCOC(=O)c1ccccc1NC(=O)COc1cc(C)ccc1C(C)C. The van der Waals surface area contributed by atoms with E-state index in [-0.39, 0.29) is 19.1 Å². The van der Waals surface area contributed by atoms with E-state index in [0.717, 1.165) is 11.1 Å². The fourth-order valence-electron chi connectivity index (χ4n) is 2.55. The van der Waals surface area contributed by atoms with Gasteiger partial charge in [0.1, 0.15) is 5.75 Å². The summed E-state index contributed by atoms with van der Waals surface area (Å²) in [7, 11) is 0. The average Bonchev–Trinajstić information content (AvgIpc) is 2.60. The highest BCUT2D eigenvalue weighted by molar-refractivity contribution is 6.01. The maximum Gasteiger partial charge on any atom is 0.340 e. The summed E-state index contributed by atoms with van der Waals surface area (Å²) < 4.78 is 10.7. The van der Waals surface area contributed by atoms with Crippen molar-refractivity contribution in [3.05, 3.63) is 59.2 Å². The molecule has 5 heteroatoms. The number of anilines is 1. The molecule has 26 heavy (non-hydrogen) atoms. The Labute approximate surface area is 154 Å². The standard InChI is InChI=1S/C21H25NO4/c1-5-25-21(24)17-8-6-7-9-18(17)22-20(23)13-26-19-12-15(4)10-11-16(19)14(2)3/h6-12,14H,5,13H2,1-4H3,(H,22,23). The van der Waals surface area contributed by atoms with Crippen LogP contribution in [0.4, 0.5) is 5.69 Å². The molecule has 0 unspecified atom stereocenters. The van der Waals surface area contributed by atoms with E-state index in [0.29, 0.717) is 22.9 Å². The molecule has 0 bridgehead atoms. The molecule has 0 aliphatic rings. The van der Waals surface area contributed by atoms with E-state index in [2.05, 4.69) is 19.2 Å². The first-order chi connectivity index (χ1) is 12.4.